The van der Waals surface area contributed by atoms with E-state index in [1.54, 1.807) is 12.0 Å². The number of hydrogen-bond acceptors (Lipinski definition) is 6. The van der Waals surface area contributed by atoms with Gasteiger partial charge >= 0.3 is 0 Å². The van der Waals surface area contributed by atoms with Crippen LogP contribution in [0.25, 0.3) is 22.2 Å². The van der Waals surface area contributed by atoms with Crippen LogP contribution in [0.4, 0.5) is 5.69 Å². The van der Waals surface area contributed by atoms with Crippen LogP contribution in [0, 0.1) is 0 Å². The monoisotopic (exact) mass is 433 g/mol. The number of carbonyl (C=O) groups is 1. The summed E-state index contributed by atoms with van der Waals surface area (Å²) in [7, 11) is 1.59. The minimum Gasteiger partial charge on any atom is -0.496 e. The number of carbonyl (C=O) groups excluding carboxylic acids is 1. The largest absolute Gasteiger partial charge is 0.496 e. The first kappa shape index (κ1) is 20.7. The highest BCUT2D eigenvalue weighted by molar-refractivity contribution is 7.99. The predicted octanol–water partition coefficient (Wildman–Crippen LogP) is 3.97. The zero-order chi connectivity index (χ0) is 21.8. The number of hydrogen-bond donors (Lipinski definition) is 1. The van der Waals surface area contributed by atoms with Gasteiger partial charge in [-0.3, -0.25) is 4.79 Å². The van der Waals surface area contributed by atoms with E-state index in [4.69, 9.17) is 10.6 Å². The first-order chi connectivity index (χ1) is 15.1. The van der Waals surface area contributed by atoms with Crippen molar-refractivity contribution in [2.45, 2.75) is 12.1 Å². The van der Waals surface area contributed by atoms with E-state index in [0.717, 1.165) is 22.0 Å². The quantitative estimate of drug-likeness (QED) is 0.351. The molecule has 158 valence electrons. The van der Waals surface area contributed by atoms with Crippen molar-refractivity contribution in [1.82, 2.24) is 14.9 Å². The maximum Gasteiger partial charge on any atom is 0.237 e. The second-order valence-electron chi connectivity index (χ2n) is 6.80. The normalized spacial score (nSPS) is 10.9. The van der Waals surface area contributed by atoms with Crippen molar-refractivity contribution in [3.05, 3.63) is 66.7 Å². The van der Waals surface area contributed by atoms with Crippen LogP contribution in [0.1, 0.15) is 6.92 Å². The van der Waals surface area contributed by atoms with Gasteiger partial charge < -0.3 is 15.5 Å². The summed E-state index contributed by atoms with van der Waals surface area (Å²) in [5, 5.41) is 11.0. The molecule has 0 bridgehead atoms. The summed E-state index contributed by atoms with van der Waals surface area (Å²) >= 11 is 1.26. The molecule has 1 amide bonds. The molecule has 0 atom stereocenters. The number of ether oxygens (including phenoxy) is 1. The number of methoxy groups -OCH3 is 1. The van der Waals surface area contributed by atoms with E-state index in [1.807, 2.05) is 73.7 Å². The molecule has 0 fully saturated rings. The lowest BCUT2D eigenvalue weighted by Gasteiger charge is -2.22. The first-order valence-electron chi connectivity index (χ1n) is 9.88. The van der Waals surface area contributed by atoms with Crippen LogP contribution in [0.2, 0.25) is 0 Å². The number of amides is 1. The Bertz CT molecular complexity index is 1220. The van der Waals surface area contributed by atoms with E-state index in [1.165, 1.54) is 16.4 Å². The van der Waals surface area contributed by atoms with Gasteiger partial charge in [-0.25, -0.2) is 4.68 Å². The van der Waals surface area contributed by atoms with Gasteiger partial charge in [-0.1, -0.05) is 60.3 Å². The molecule has 1 aromatic heterocycles. The van der Waals surface area contributed by atoms with Crippen molar-refractivity contribution in [1.29, 1.82) is 0 Å². The summed E-state index contributed by atoms with van der Waals surface area (Å²) < 4.78 is 6.78. The molecule has 8 heteroatoms. The second-order valence-corrected chi connectivity index (χ2v) is 7.74. The third kappa shape index (κ3) is 4.06. The SMILES string of the molecule is CCN(C(=O)CSc1nnc(-c2ccccc2OC)n1N)c1cccc2ccccc12. The first-order valence-corrected chi connectivity index (χ1v) is 10.9. The van der Waals surface area contributed by atoms with Crippen LogP contribution in [0.3, 0.4) is 0 Å². The Hall–Kier alpha value is -3.52. The van der Waals surface area contributed by atoms with Gasteiger partial charge in [0.25, 0.3) is 0 Å². The maximum absolute atomic E-state index is 13.1. The van der Waals surface area contributed by atoms with Gasteiger partial charge in [-0.15, -0.1) is 10.2 Å². The van der Waals surface area contributed by atoms with Gasteiger partial charge in [-0.2, -0.15) is 0 Å². The number of aromatic nitrogens is 3. The lowest BCUT2D eigenvalue weighted by molar-refractivity contribution is -0.116. The summed E-state index contributed by atoms with van der Waals surface area (Å²) in [6, 6.07) is 21.5. The van der Waals surface area contributed by atoms with E-state index in [0.29, 0.717) is 23.3 Å². The van der Waals surface area contributed by atoms with Crippen molar-refractivity contribution in [2.75, 3.05) is 30.1 Å². The molecule has 0 radical (unpaired) electrons. The molecule has 0 unspecified atom stereocenters. The molecule has 31 heavy (non-hydrogen) atoms. The van der Waals surface area contributed by atoms with E-state index in [-0.39, 0.29) is 11.7 Å². The predicted molar refractivity (Wildman–Crippen MR) is 125 cm³/mol. The van der Waals surface area contributed by atoms with E-state index in [2.05, 4.69) is 10.2 Å². The zero-order valence-corrected chi connectivity index (χ0v) is 18.2. The number of para-hydroxylation sites is 1. The van der Waals surface area contributed by atoms with Crippen LogP contribution in [-0.4, -0.2) is 40.2 Å². The molecule has 4 rings (SSSR count). The molecule has 1 heterocycles. The van der Waals surface area contributed by atoms with Gasteiger partial charge in [0.15, 0.2) is 5.82 Å². The fourth-order valence-electron chi connectivity index (χ4n) is 3.52. The molecular weight excluding hydrogens is 410 g/mol. The average Bonchev–Trinajstić information content (AvgIpc) is 3.18. The molecule has 3 aromatic carbocycles. The highest BCUT2D eigenvalue weighted by atomic mass is 32.2. The standard InChI is InChI=1S/C23H23N5O2S/c1-3-27(19-13-8-10-16-9-4-5-11-17(16)19)21(29)15-31-23-26-25-22(28(23)24)18-12-6-7-14-20(18)30-2/h4-14H,3,15,24H2,1-2H3. The van der Waals surface area contributed by atoms with Crippen LogP contribution in [0.5, 0.6) is 5.75 Å². The molecule has 0 aliphatic rings. The Labute approximate surface area is 184 Å². The number of fused-ring (bicyclic) bond motifs is 1. The van der Waals surface area contributed by atoms with Gasteiger partial charge in [0.1, 0.15) is 5.75 Å². The number of thioether (sulfide) groups is 1. The van der Waals surface area contributed by atoms with Crippen molar-refractivity contribution >= 4 is 34.1 Å². The fraction of sp³-hybridized carbons (Fsp3) is 0.174. The van der Waals surface area contributed by atoms with Crippen LogP contribution in [0.15, 0.2) is 71.9 Å². The molecule has 4 aromatic rings. The van der Waals surface area contributed by atoms with Crippen molar-refractivity contribution < 1.29 is 9.53 Å². The number of nitrogens with zero attached hydrogens (tertiary/aromatic N) is 4. The van der Waals surface area contributed by atoms with E-state index >= 15 is 0 Å². The summed E-state index contributed by atoms with van der Waals surface area (Å²) in [6.45, 7) is 2.53. The smallest absolute Gasteiger partial charge is 0.237 e. The zero-order valence-electron chi connectivity index (χ0n) is 17.4. The highest BCUT2D eigenvalue weighted by Gasteiger charge is 2.20. The lowest BCUT2D eigenvalue weighted by atomic mass is 10.1. The van der Waals surface area contributed by atoms with Crippen LogP contribution < -0.4 is 15.5 Å². The van der Waals surface area contributed by atoms with E-state index in [9.17, 15) is 4.79 Å². The summed E-state index contributed by atoms with van der Waals surface area (Å²) in [6.07, 6.45) is 0. The second kappa shape index (κ2) is 9.09. The minimum absolute atomic E-state index is 0.0225. The molecule has 0 aliphatic heterocycles. The Kier molecular flexibility index (Phi) is 6.08. The number of nitrogens with two attached hydrogens (primary N) is 1. The Balaban J connectivity index is 1.54. The van der Waals surface area contributed by atoms with Crippen LogP contribution >= 0.6 is 11.8 Å². The third-order valence-corrected chi connectivity index (χ3v) is 5.94. The van der Waals surface area contributed by atoms with E-state index < -0.39 is 0 Å². The lowest BCUT2D eigenvalue weighted by Crippen LogP contribution is -2.32. The topological polar surface area (TPSA) is 86.3 Å². The van der Waals surface area contributed by atoms with Gasteiger partial charge in [0.2, 0.25) is 11.1 Å². The maximum atomic E-state index is 13.1. The van der Waals surface area contributed by atoms with Crippen molar-refractivity contribution in [3.8, 4) is 17.1 Å². The molecule has 0 aliphatic carbocycles. The Morgan fingerprint density at radius 3 is 2.61 bits per heavy atom. The molecule has 0 spiro atoms. The Morgan fingerprint density at radius 1 is 1.06 bits per heavy atom. The number of anilines is 1. The summed E-state index contributed by atoms with van der Waals surface area (Å²) in [5.41, 5.74) is 1.64. The highest BCUT2D eigenvalue weighted by Crippen LogP contribution is 2.30. The Morgan fingerprint density at radius 2 is 1.81 bits per heavy atom. The minimum atomic E-state index is -0.0225. The summed E-state index contributed by atoms with van der Waals surface area (Å²) in [4.78, 5) is 14.9. The van der Waals surface area contributed by atoms with Gasteiger partial charge in [0, 0.05) is 11.9 Å². The average molecular weight is 434 g/mol. The third-order valence-electron chi connectivity index (χ3n) is 5.01. The molecule has 2 N–H and O–H groups in total. The van der Waals surface area contributed by atoms with Crippen molar-refractivity contribution in [3.63, 3.8) is 0 Å². The van der Waals surface area contributed by atoms with Crippen LogP contribution in [-0.2, 0) is 4.79 Å². The summed E-state index contributed by atoms with van der Waals surface area (Å²) in [5.74, 6) is 7.54. The molecule has 0 saturated heterocycles. The fourth-order valence-corrected chi connectivity index (χ4v) is 4.25. The molecular formula is C23H23N5O2S. The molecule has 7 nitrogen and oxygen atoms in total. The molecule has 0 saturated carbocycles. The number of benzene rings is 3. The number of rotatable bonds is 7. The number of nitrogen functional groups attached to an aromatic ring is 1. The van der Waals surface area contributed by atoms with Gasteiger partial charge in [0.05, 0.1) is 24.1 Å². The van der Waals surface area contributed by atoms with Gasteiger partial charge in [-0.05, 0) is 30.5 Å². The van der Waals surface area contributed by atoms with Crippen molar-refractivity contribution in [2.24, 2.45) is 0 Å².